The fraction of sp³-hybridized carbons (Fsp3) is 0.818. The molecule has 2 bridgehead atoms. The van der Waals surface area contributed by atoms with E-state index in [2.05, 4.69) is 42.3 Å². The molecule has 0 unspecified atom stereocenters. The number of fused-ring (bicyclic) bond motifs is 3. The fourth-order valence-corrected chi connectivity index (χ4v) is 4.61. The van der Waals surface area contributed by atoms with Crippen molar-refractivity contribution < 1.29 is 4.84 Å². The van der Waals surface area contributed by atoms with E-state index in [0.717, 1.165) is 27.6 Å². The third-order valence-electron chi connectivity index (χ3n) is 4.73. The average molecular weight is 365 g/mol. The van der Waals surface area contributed by atoms with E-state index in [-0.39, 0.29) is 5.60 Å². The first-order valence-electron chi connectivity index (χ1n) is 6.27. The average Bonchev–Trinajstić information content (AvgIpc) is 2.79. The van der Waals surface area contributed by atoms with E-state index in [9.17, 15) is 0 Å². The van der Waals surface area contributed by atoms with Crippen molar-refractivity contribution in [2.75, 3.05) is 6.54 Å². The molecule has 5 rings (SSSR count). The minimum atomic E-state index is 0.0564. The van der Waals surface area contributed by atoms with E-state index in [1.54, 1.807) is 5.28 Å². The van der Waals surface area contributed by atoms with Crippen LogP contribution in [0, 0.1) is 11.8 Å². The van der Waals surface area contributed by atoms with Crippen LogP contribution in [-0.4, -0.2) is 22.4 Å². The van der Waals surface area contributed by atoms with Crippen molar-refractivity contribution in [1.29, 1.82) is 0 Å². The monoisotopic (exact) mass is 363 g/mol. The second kappa shape index (κ2) is 3.62. The zero-order chi connectivity index (χ0) is 11.6. The largest absolute Gasteiger partial charge is 0.268 e. The number of rotatable bonds is 0. The second-order valence-electron chi connectivity index (χ2n) is 5.63. The smallest absolute Gasteiger partial charge is 0.131 e. The summed E-state index contributed by atoms with van der Waals surface area (Å²) in [6, 6.07) is 0. The number of nitrogens with one attached hydrogen (secondary N) is 1. The highest BCUT2D eigenvalue weighted by molar-refractivity contribution is 9.14. The van der Waals surface area contributed by atoms with E-state index in [4.69, 9.17) is 4.84 Å². The van der Waals surface area contributed by atoms with Crippen LogP contribution < -0.4 is 5.43 Å². The molecular formula is C11H15Br2N3O. The molecule has 4 nitrogen and oxygen atoms in total. The van der Waals surface area contributed by atoms with Crippen LogP contribution in [0.25, 0.3) is 0 Å². The van der Waals surface area contributed by atoms with Gasteiger partial charge in [-0.15, -0.1) is 0 Å². The Balaban J connectivity index is 1.63. The Morgan fingerprint density at radius 3 is 2.59 bits per heavy atom. The Morgan fingerprint density at radius 1 is 1.24 bits per heavy atom. The molecule has 2 aliphatic heterocycles. The van der Waals surface area contributed by atoms with Gasteiger partial charge in [-0.25, -0.2) is 0 Å². The number of hydrogen-bond acceptors (Lipinski definition) is 4. The first kappa shape index (κ1) is 11.1. The van der Waals surface area contributed by atoms with Crippen LogP contribution in [0.15, 0.2) is 9.21 Å². The SMILES string of the molecule is BrC1=C(Br)N2C[C@]3(CC4CCC3CC4)ON2N1. The van der Waals surface area contributed by atoms with Crippen LogP contribution in [0.5, 0.6) is 0 Å². The van der Waals surface area contributed by atoms with E-state index >= 15 is 0 Å². The quantitative estimate of drug-likeness (QED) is 0.669. The molecule has 1 atom stereocenters. The predicted molar refractivity (Wildman–Crippen MR) is 70.4 cm³/mol. The normalized spacial score (nSPS) is 44.7. The summed E-state index contributed by atoms with van der Waals surface area (Å²) in [4.78, 5) is 6.24. The zero-order valence-corrected chi connectivity index (χ0v) is 12.6. The maximum Gasteiger partial charge on any atom is 0.131 e. The topological polar surface area (TPSA) is 27.7 Å². The van der Waals surface area contributed by atoms with Crippen molar-refractivity contribution in [3.63, 3.8) is 0 Å². The predicted octanol–water partition coefficient (Wildman–Crippen LogP) is 2.83. The summed E-state index contributed by atoms with van der Waals surface area (Å²) >= 11 is 7.06. The van der Waals surface area contributed by atoms with Gasteiger partial charge in [0.05, 0.1) is 6.54 Å². The maximum atomic E-state index is 6.24. The summed E-state index contributed by atoms with van der Waals surface area (Å²) < 4.78 is 1.98. The molecule has 2 heterocycles. The van der Waals surface area contributed by atoms with Crippen LogP contribution in [0.4, 0.5) is 0 Å². The third kappa shape index (κ3) is 1.47. The molecule has 0 aromatic heterocycles. The fourth-order valence-electron chi connectivity index (χ4n) is 3.90. The van der Waals surface area contributed by atoms with E-state index in [1.165, 1.54) is 32.1 Å². The summed E-state index contributed by atoms with van der Waals surface area (Å²) in [5.74, 6) is 1.62. The van der Waals surface area contributed by atoms with Gasteiger partial charge in [0.15, 0.2) is 0 Å². The molecule has 4 fully saturated rings. The molecule has 6 heteroatoms. The van der Waals surface area contributed by atoms with Gasteiger partial charge < -0.3 is 0 Å². The standard InChI is InChI=1S/C11H15Br2N3O/c12-9-10(13)15-6-11(17-16(15)14-9)5-7-1-3-8(11)4-2-7/h7-8,14H,1-6H2/t7?,8?,11-/m0/s1. The van der Waals surface area contributed by atoms with Crippen LogP contribution >= 0.6 is 31.9 Å². The third-order valence-corrected chi connectivity index (χ3v) is 6.62. The molecule has 1 saturated heterocycles. The van der Waals surface area contributed by atoms with Gasteiger partial charge in [0.2, 0.25) is 0 Å². The number of hydrazine groups is 2. The highest BCUT2D eigenvalue weighted by Crippen LogP contribution is 2.53. The number of hydrogen-bond donors (Lipinski definition) is 1. The first-order chi connectivity index (χ1) is 8.18. The van der Waals surface area contributed by atoms with Gasteiger partial charge in [-0.1, -0.05) is 0 Å². The van der Waals surface area contributed by atoms with Gasteiger partial charge in [-0.05, 0) is 75.8 Å². The molecule has 0 radical (unpaired) electrons. The van der Waals surface area contributed by atoms with Crippen LogP contribution in [0.3, 0.4) is 0 Å². The number of nitrogens with zero attached hydrogens (tertiary/aromatic N) is 2. The molecule has 1 N–H and O–H groups in total. The van der Waals surface area contributed by atoms with Gasteiger partial charge in [0.1, 0.15) is 14.8 Å². The molecule has 3 saturated carbocycles. The zero-order valence-electron chi connectivity index (χ0n) is 9.46. The van der Waals surface area contributed by atoms with Crippen LogP contribution in [0.1, 0.15) is 32.1 Å². The summed E-state index contributed by atoms with van der Waals surface area (Å²) in [5.41, 5.74) is 3.24. The van der Waals surface area contributed by atoms with Gasteiger partial charge >= 0.3 is 0 Å². The molecule has 17 heavy (non-hydrogen) atoms. The van der Waals surface area contributed by atoms with Crippen molar-refractivity contribution in [2.24, 2.45) is 11.8 Å². The van der Waals surface area contributed by atoms with Gasteiger partial charge in [-0.2, -0.15) is 0 Å². The van der Waals surface area contributed by atoms with Crippen LogP contribution in [-0.2, 0) is 4.84 Å². The van der Waals surface area contributed by atoms with Crippen molar-refractivity contribution in [1.82, 2.24) is 15.7 Å². The second-order valence-corrected chi connectivity index (χ2v) is 7.17. The molecule has 3 aliphatic carbocycles. The summed E-state index contributed by atoms with van der Waals surface area (Å²) in [7, 11) is 0. The van der Waals surface area contributed by atoms with Crippen molar-refractivity contribution in [3.05, 3.63) is 9.21 Å². The summed E-state index contributed by atoms with van der Waals surface area (Å²) in [5, 5.41) is 3.93. The van der Waals surface area contributed by atoms with Gasteiger partial charge in [-0.3, -0.25) is 15.3 Å². The lowest BCUT2D eigenvalue weighted by molar-refractivity contribution is -0.289. The molecule has 5 aliphatic rings. The van der Waals surface area contributed by atoms with Crippen molar-refractivity contribution in [2.45, 2.75) is 37.7 Å². The van der Waals surface area contributed by atoms with Crippen LogP contribution in [0.2, 0.25) is 0 Å². The van der Waals surface area contributed by atoms with Crippen molar-refractivity contribution in [3.8, 4) is 0 Å². The number of halogens is 2. The Hall–Kier alpha value is 0.220. The summed E-state index contributed by atoms with van der Waals surface area (Å²) in [6.07, 6.45) is 6.72. The maximum absolute atomic E-state index is 6.24. The van der Waals surface area contributed by atoms with E-state index in [1.807, 2.05) is 0 Å². The molecule has 0 aromatic rings. The Morgan fingerprint density at radius 2 is 2.00 bits per heavy atom. The Kier molecular flexibility index (Phi) is 2.36. The molecular weight excluding hydrogens is 350 g/mol. The Labute approximate surface area is 117 Å². The lowest BCUT2D eigenvalue weighted by Gasteiger charge is -2.47. The lowest BCUT2D eigenvalue weighted by atomic mass is 9.62. The van der Waals surface area contributed by atoms with Gasteiger partial charge in [0, 0.05) is 5.28 Å². The minimum Gasteiger partial charge on any atom is -0.268 e. The highest BCUT2D eigenvalue weighted by Gasteiger charge is 2.57. The van der Waals surface area contributed by atoms with E-state index < -0.39 is 0 Å². The van der Waals surface area contributed by atoms with E-state index in [0.29, 0.717) is 0 Å². The summed E-state index contributed by atoms with van der Waals surface area (Å²) in [6.45, 7) is 0.969. The lowest BCUT2D eigenvalue weighted by Crippen LogP contribution is -2.50. The highest BCUT2D eigenvalue weighted by atomic mass is 79.9. The van der Waals surface area contributed by atoms with Gasteiger partial charge in [0.25, 0.3) is 0 Å². The van der Waals surface area contributed by atoms with Crippen molar-refractivity contribution >= 4 is 31.9 Å². The molecule has 94 valence electrons. The molecule has 0 amide bonds. The molecule has 0 aromatic carbocycles. The Bertz CT molecular complexity index is 394. The minimum absolute atomic E-state index is 0.0564. The molecule has 1 spiro atoms. The first-order valence-corrected chi connectivity index (χ1v) is 7.85.